The fourth-order valence-electron chi connectivity index (χ4n) is 2.08. The first-order valence-electron chi connectivity index (χ1n) is 7.48. The molecule has 2 aromatic carbocycles. The summed E-state index contributed by atoms with van der Waals surface area (Å²) >= 11 is 5.76. The van der Waals surface area contributed by atoms with Gasteiger partial charge in [-0.25, -0.2) is 14.4 Å². The summed E-state index contributed by atoms with van der Waals surface area (Å²) in [5.74, 6) is -0.388. The zero-order valence-corrected chi connectivity index (χ0v) is 14.1. The molecule has 3 aromatic rings. The predicted octanol–water partition coefficient (Wildman–Crippen LogP) is 3.35. The van der Waals surface area contributed by atoms with Crippen molar-refractivity contribution in [2.75, 3.05) is 16.5 Å². The van der Waals surface area contributed by atoms with Crippen molar-refractivity contribution in [1.82, 2.24) is 15.4 Å². The molecule has 0 spiro atoms. The number of nitrogens with one attached hydrogen (secondary N) is 3. The highest BCUT2D eigenvalue weighted by Crippen LogP contribution is 2.27. The first kappa shape index (κ1) is 17.4. The van der Waals surface area contributed by atoms with Crippen molar-refractivity contribution in [3.05, 3.63) is 71.3 Å². The number of aromatic nitrogens is 2. The van der Waals surface area contributed by atoms with E-state index in [1.54, 1.807) is 24.3 Å². The quantitative estimate of drug-likeness (QED) is 0.512. The molecule has 0 bridgehead atoms. The highest BCUT2D eigenvalue weighted by atomic mass is 35.5. The van der Waals surface area contributed by atoms with E-state index in [1.165, 1.54) is 24.5 Å². The summed E-state index contributed by atoms with van der Waals surface area (Å²) < 4.78 is 13.2. The lowest BCUT2D eigenvalue weighted by Crippen LogP contribution is -2.30. The maximum atomic E-state index is 13.2. The molecule has 1 aromatic heterocycles. The number of hydrogen-bond donors (Lipinski definition) is 4. The van der Waals surface area contributed by atoms with E-state index in [0.717, 1.165) is 0 Å². The predicted molar refractivity (Wildman–Crippen MR) is 98.7 cm³/mol. The number of nitrogens with two attached hydrogens (primary N) is 1. The van der Waals surface area contributed by atoms with Gasteiger partial charge in [-0.1, -0.05) is 29.8 Å². The van der Waals surface area contributed by atoms with Gasteiger partial charge in [-0.3, -0.25) is 15.6 Å². The molecule has 0 fully saturated rings. The fraction of sp³-hybridized carbons (Fsp3) is 0. The van der Waals surface area contributed by atoms with Gasteiger partial charge in [0.1, 0.15) is 17.8 Å². The standard InChI is InChI=1S/C17H14ClFN6O/c18-12-8-11(6-7-13(12)19)23-15-14(20)16(22-9-21-15)24-25-17(26)10-4-2-1-3-5-10/h1-9H,20H2,(H,25,26)(H2,21,22,23,24). The third kappa shape index (κ3) is 3.98. The highest BCUT2D eigenvalue weighted by molar-refractivity contribution is 6.31. The third-order valence-corrected chi connectivity index (χ3v) is 3.69. The van der Waals surface area contributed by atoms with Gasteiger partial charge < -0.3 is 11.1 Å². The van der Waals surface area contributed by atoms with E-state index in [2.05, 4.69) is 26.1 Å². The van der Waals surface area contributed by atoms with Crippen molar-refractivity contribution in [2.45, 2.75) is 0 Å². The minimum Gasteiger partial charge on any atom is -0.393 e. The average Bonchev–Trinajstić information content (AvgIpc) is 2.66. The molecule has 0 saturated carbocycles. The lowest BCUT2D eigenvalue weighted by molar-refractivity contribution is 0.0962. The molecule has 0 radical (unpaired) electrons. The monoisotopic (exact) mass is 372 g/mol. The molecule has 0 atom stereocenters. The van der Waals surface area contributed by atoms with Crippen LogP contribution in [-0.2, 0) is 0 Å². The molecular weight excluding hydrogens is 359 g/mol. The Bertz CT molecular complexity index is 938. The highest BCUT2D eigenvalue weighted by Gasteiger charge is 2.11. The van der Waals surface area contributed by atoms with Crippen LogP contribution in [0.25, 0.3) is 0 Å². The molecule has 7 nitrogen and oxygen atoms in total. The summed E-state index contributed by atoms with van der Waals surface area (Å²) in [6, 6.07) is 12.8. The minimum atomic E-state index is -0.529. The number of anilines is 4. The first-order chi connectivity index (χ1) is 12.5. The Labute approximate surface area is 153 Å². The fourth-order valence-corrected chi connectivity index (χ4v) is 2.26. The molecule has 5 N–H and O–H groups in total. The van der Waals surface area contributed by atoms with E-state index in [9.17, 15) is 9.18 Å². The summed E-state index contributed by atoms with van der Waals surface area (Å²) in [5, 5.41) is 2.89. The number of halogens is 2. The van der Waals surface area contributed by atoms with Crippen LogP contribution < -0.4 is 21.9 Å². The van der Waals surface area contributed by atoms with E-state index in [4.69, 9.17) is 17.3 Å². The second-order valence-corrected chi connectivity index (χ2v) is 5.59. The normalized spacial score (nSPS) is 10.2. The molecule has 9 heteroatoms. The molecule has 1 heterocycles. The van der Waals surface area contributed by atoms with Crippen LogP contribution in [0.15, 0.2) is 54.9 Å². The van der Waals surface area contributed by atoms with E-state index in [0.29, 0.717) is 11.3 Å². The molecule has 0 aliphatic heterocycles. The SMILES string of the molecule is Nc1c(NNC(=O)c2ccccc2)ncnc1Nc1ccc(F)c(Cl)c1. The smallest absolute Gasteiger partial charge is 0.269 e. The van der Waals surface area contributed by atoms with Gasteiger partial charge in [0.2, 0.25) is 0 Å². The van der Waals surface area contributed by atoms with Crippen molar-refractivity contribution in [1.29, 1.82) is 0 Å². The number of carbonyl (C=O) groups is 1. The molecule has 0 saturated heterocycles. The Hall–Kier alpha value is -3.39. The number of rotatable bonds is 5. The van der Waals surface area contributed by atoms with E-state index < -0.39 is 5.82 Å². The lowest BCUT2D eigenvalue weighted by Gasteiger charge is -2.13. The number of amides is 1. The van der Waals surface area contributed by atoms with E-state index >= 15 is 0 Å². The molecule has 0 aliphatic rings. The first-order valence-corrected chi connectivity index (χ1v) is 7.86. The third-order valence-electron chi connectivity index (χ3n) is 3.40. The van der Waals surface area contributed by atoms with Gasteiger partial charge in [0.05, 0.1) is 5.02 Å². The molecular formula is C17H14ClFN6O. The van der Waals surface area contributed by atoms with Gasteiger partial charge in [0.25, 0.3) is 5.91 Å². The Morgan fingerprint density at radius 2 is 1.81 bits per heavy atom. The summed E-state index contributed by atoms with van der Waals surface area (Å²) in [5.41, 5.74) is 12.3. The largest absolute Gasteiger partial charge is 0.393 e. The van der Waals surface area contributed by atoms with Crippen molar-refractivity contribution < 1.29 is 9.18 Å². The van der Waals surface area contributed by atoms with Crippen molar-refractivity contribution in [3.8, 4) is 0 Å². The van der Waals surface area contributed by atoms with Crippen molar-refractivity contribution >= 4 is 40.5 Å². The Morgan fingerprint density at radius 3 is 2.54 bits per heavy atom. The summed E-state index contributed by atoms with van der Waals surface area (Å²) in [6.07, 6.45) is 1.26. The zero-order valence-electron chi connectivity index (χ0n) is 13.3. The van der Waals surface area contributed by atoms with E-state index in [1.807, 2.05) is 6.07 Å². The van der Waals surface area contributed by atoms with Crippen molar-refractivity contribution in [3.63, 3.8) is 0 Å². The number of hydrazine groups is 1. The average molecular weight is 373 g/mol. The second-order valence-electron chi connectivity index (χ2n) is 5.18. The maximum absolute atomic E-state index is 13.2. The van der Waals surface area contributed by atoms with Gasteiger partial charge in [0.15, 0.2) is 11.6 Å². The molecule has 0 aliphatic carbocycles. The number of hydrogen-bond acceptors (Lipinski definition) is 6. The molecule has 1 amide bonds. The van der Waals surface area contributed by atoms with Crippen LogP contribution in [0.5, 0.6) is 0 Å². The number of nitrogen functional groups attached to an aromatic ring is 1. The van der Waals surface area contributed by atoms with Crippen LogP contribution in [0.1, 0.15) is 10.4 Å². The van der Waals surface area contributed by atoms with Crippen LogP contribution in [0.2, 0.25) is 5.02 Å². The van der Waals surface area contributed by atoms with Crippen LogP contribution >= 0.6 is 11.6 Å². The zero-order chi connectivity index (χ0) is 18.5. The van der Waals surface area contributed by atoms with Gasteiger partial charge >= 0.3 is 0 Å². The maximum Gasteiger partial charge on any atom is 0.269 e. The van der Waals surface area contributed by atoms with Gasteiger partial charge in [-0.15, -0.1) is 0 Å². The van der Waals surface area contributed by atoms with Crippen LogP contribution in [0.4, 0.5) is 27.4 Å². The van der Waals surface area contributed by atoms with Crippen LogP contribution in [0.3, 0.4) is 0 Å². The topological polar surface area (TPSA) is 105 Å². The number of carbonyl (C=O) groups excluding carboxylic acids is 1. The number of benzene rings is 2. The Balaban J connectivity index is 1.72. The van der Waals surface area contributed by atoms with Crippen LogP contribution in [0, 0.1) is 5.82 Å². The van der Waals surface area contributed by atoms with Crippen molar-refractivity contribution in [2.24, 2.45) is 0 Å². The molecule has 0 unspecified atom stereocenters. The summed E-state index contributed by atoms with van der Waals surface area (Å²) in [6.45, 7) is 0. The Kier molecular flexibility index (Phi) is 5.14. The number of nitrogens with zero attached hydrogens (tertiary/aromatic N) is 2. The molecule has 3 rings (SSSR count). The van der Waals surface area contributed by atoms with Gasteiger partial charge in [-0.2, -0.15) is 0 Å². The van der Waals surface area contributed by atoms with Gasteiger partial charge in [-0.05, 0) is 30.3 Å². The lowest BCUT2D eigenvalue weighted by atomic mass is 10.2. The molecule has 26 heavy (non-hydrogen) atoms. The van der Waals surface area contributed by atoms with Crippen LogP contribution in [-0.4, -0.2) is 15.9 Å². The minimum absolute atomic E-state index is 0.0314. The Morgan fingerprint density at radius 1 is 1.08 bits per heavy atom. The molecule has 132 valence electrons. The second kappa shape index (κ2) is 7.66. The summed E-state index contributed by atoms with van der Waals surface area (Å²) in [4.78, 5) is 20.1. The van der Waals surface area contributed by atoms with Gasteiger partial charge in [0, 0.05) is 11.3 Å². The van der Waals surface area contributed by atoms with E-state index in [-0.39, 0.29) is 28.3 Å². The summed E-state index contributed by atoms with van der Waals surface area (Å²) in [7, 11) is 0.